The van der Waals surface area contributed by atoms with Crippen molar-refractivity contribution in [3.05, 3.63) is 59.9 Å². The second kappa shape index (κ2) is 6.84. The molecule has 1 heterocycles. The minimum absolute atomic E-state index is 0.160. The molecule has 0 bridgehead atoms. The zero-order chi connectivity index (χ0) is 17.2. The highest BCUT2D eigenvalue weighted by molar-refractivity contribution is 5.78. The van der Waals surface area contributed by atoms with Gasteiger partial charge in [0, 0.05) is 12.1 Å². The number of fused-ring (bicyclic) bond motifs is 1. The number of rotatable bonds is 4. The zero-order valence-electron chi connectivity index (χ0n) is 14.2. The second-order valence-corrected chi connectivity index (χ2v) is 6.84. The molecule has 5 heteroatoms. The number of hydrogen-bond acceptors (Lipinski definition) is 3. The normalized spacial score (nSPS) is 20.7. The quantitative estimate of drug-likeness (QED) is 0.758. The minimum atomic E-state index is -0.217. The summed E-state index contributed by atoms with van der Waals surface area (Å²) < 4.78 is 15.4. The molecule has 4 nitrogen and oxygen atoms in total. The molecule has 0 amide bonds. The van der Waals surface area contributed by atoms with Crippen molar-refractivity contribution < 1.29 is 4.39 Å². The number of hydrogen-bond donors (Lipinski definition) is 2. The first kappa shape index (κ1) is 16.1. The molecule has 1 aliphatic rings. The number of anilines is 1. The van der Waals surface area contributed by atoms with Crippen molar-refractivity contribution in [1.82, 2.24) is 9.55 Å². The van der Waals surface area contributed by atoms with E-state index in [0.29, 0.717) is 6.54 Å². The van der Waals surface area contributed by atoms with Crippen LogP contribution in [-0.2, 0) is 6.54 Å². The fourth-order valence-electron chi connectivity index (χ4n) is 3.62. The zero-order valence-corrected chi connectivity index (χ0v) is 14.2. The maximum absolute atomic E-state index is 13.2. The van der Waals surface area contributed by atoms with Crippen LogP contribution in [0.25, 0.3) is 11.0 Å². The highest BCUT2D eigenvalue weighted by atomic mass is 19.1. The average molecular weight is 338 g/mol. The lowest BCUT2D eigenvalue weighted by Crippen LogP contribution is -2.43. The molecule has 2 atom stereocenters. The molecule has 4 rings (SSSR count). The molecule has 1 aromatic heterocycles. The lowest BCUT2D eigenvalue weighted by molar-refractivity contribution is 0.401. The number of halogens is 1. The fraction of sp³-hybridized carbons (Fsp3) is 0.350. The molecule has 1 fully saturated rings. The summed E-state index contributed by atoms with van der Waals surface area (Å²) >= 11 is 0. The van der Waals surface area contributed by atoms with Crippen LogP contribution in [-0.4, -0.2) is 21.6 Å². The van der Waals surface area contributed by atoms with E-state index >= 15 is 0 Å². The van der Waals surface area contributed by atoms with E-state index in [9.17, 15) is 4.39 Å². The maximum atomic E-state index is 13.2. The summed E-state index contributed by atoms with van der Waals surface area (Å²) in [6.45, 7) is 0.644. The topological polar surface area (TPSA) is 55.9 Å². The highest BCUT2D eigenvalue weighted by Gasteiger charge is 2.23. The molecule has 0 aliphatic heterocycles. The number of aromatic nitrogens is 2. The van der Waals surface area contributed by atoms with E-state index in [-0.39, 0.29) is 17.9 Å². The summed E-state index contributed by atoms with van der Waals surface area (Å²) in [5.41, 5.74) is 9.36. The standard InChI is InChI=1S/C20H23FN4/c21-15-11-9-14(10-12-15)13-25-19-8-4-3-7-18(19)24-20(25)23-17-6-2-1-5-16(17)22/h3-4,7-12,16-17H,1-2,5-6,13,22H2,(H,23,24)/t16-,17-/m0/s1. The van der Waals surface area contributed by atoms with E-state index in [2.05, 4.69) is 16.0 Å². The Morgan fingerprint density at radius 1 is 1.08 bits per heavy atom. The SMILES string of the molecule is N[C@H]1CCCC[C@@H]1Nc1nc2ccccc2n1Cc1ccc(F)cc1. The van der Waals surface area contributed by atoms with Crippen molar-refractivity contribution in [2.24, 2.45) is 5.73 Å². The highest BCUT2D eigenvalue weighted by Crippen LogP contribution is 2.25. The third-order valence-electron chi connectivity index (χ3n) is 5.04. The molecule has 3 aromatic rings. The first-order valence-electron chi connectivity index (χ1n) is 8.92. The summed E-state index contributed by atoms with van der Waals surface area (Å²) in [5.74, 6) is 0.624. The molecular formula is C20H23FN4. The van der Waals surface area contributed by atoms with Crippen molar-refractivity contribution in [3.8, 4) is 0 Å². The molecule has 1 aliphatic carbocycles. The number of nitrogens with one attached hydrogen (secondary N) is 1. The van der Waals surface area contributed by atoms with Gasteiger partial charge in [-0.25, -0.2) is 9.37 Å². The summed E-state index contributed by atoms with van der Waals surface area (Å²) in [5, 5.41) is 3.57. The van der Waals surface area contributed by atoms with Crippen LogP contribution in [0.5, 0.6) is 0 Å². The Hall–Kier alpha value is -2.40. The minimum Gasteiger partial charge on any atom is -0.351 e. The average Bonchev–Trinajstić information content (AvgIpc) is 2.96. The Morgan fingerprint density at radius 2 is 1.84 bits per heavy atom. The molecule has 0 spiro atoms. The van der Waals surface area contributed by atoms with Crippen LogP contribution in [0.15, 0.2) is 48.5 Å². The lowest BCUT2D eigenvalue weighted by atomic mass is 9.91. The van der Waals surface area contributed by atoms with Gasteiger partial charge in [-0.05, 0) is 42.7 Å². The van der Waals surface area contributed by atoms with Gasteiger partial charge in [-0.2, -0.15) is 0 Å². The van der Waals surface area contributed by atoms with Crippen molar-refractivity contribution in [3.63, 3.8) is 0 Å². The molecule has 2 aromatic carbocycles. The number of para-hydroxylation sites is 2. The van der Waals surface area contributed by atoms with Gasteiger partial charge in [0.1, 0.15) is 5.82 Å². The molecule has 130 valence electrons. The van der Waals surface area contributed by atoms with Crippen molar-refractivity contribution >= 4 is 17.0 Å². The first-order chi connectivity index (χ1) is 12.2. The van der Waals surface area contributed by atoms with E-state index in [1.54, 1.807) is 0 Å². The van der Waals surface area contributed by atoms with Gasteiger partial charge in [-0.3, -0.25) is 0 Å². The van der Waals surface area contributed by atoms with Gasteiger partial charge in [0.05, 0.1) is 17.6 Å². The third kappa shape index (κ3) is 3.37. The van der Waals surface area contributed by atoms with Crippen LogP contribution < -0.4 is 11.1 Å². The maximum Gasteiger partial charge on any atom is 0.204 e. The molecule has 0 radical (unpaired) electrons. The Bertz CT molecular complexity index is 856. The van der Waals surface area contributed by atoms with Gasteiger partial charge in [0.15, 0.2) is 0 Å². The number of imidazole rings is 1. The van der Waals surface area contributed by atoms with E-state index in [1.807, 2.05) is 30.3 Å². The smallest absolute Gasteiger partial charge is 0.204 e. The number of benzene rings is 2. The van der Waals surface area contributed by atoms with Crippen LogP contribution in [0.2, 0.25) is 0 Å². The van der Waals surface area contributed by atoms with Crippen LogP contribution in [0.1, 0.15) is 31.2 Å². The van der Waals surface area contributed by atoms with E-state index < -0.39 is 0 Å². The van der Waals surface area contributed by atoms with Crippen molar-refractivity contribution in [2.45, 2.75) is 44.3 Å². The molecule has 1 saturated carbocycles. The van der Waals surface area contributed by atoms with E-state index in [1.165, 1.54) is 25.0 Å². The first-order valence-corrected chi connectivity index (χ1v) is 8.92. The van der Waals surface area contributed by atoms with Crippen LogP contribution in [0.4, 0.5) is 10.3 Å². The van der Waals surface area contributed by atoms with Crippen molar-refractivity contribution in [2.75, 3.05) is 5.32 Å². The Balaban J connectivity index is 1.68. The number of nitrogens with two attached hydrogens (primary N) is 1. The van der Waals surface area contributed by atoms with E-state index in [0.717, 1.165) is 35.4 Å². The van der Waals surface area contributed by atoms with Gasteiger partial charge < -0.3 is 15.6 Å². The molecule has 3 N–H and O–H groups in total. The van der Waals surface area contributed by atoms with Gasteiger partial charge >= 0.3 is 0 Å². The largest absolute Gasteiger partial charge is 0.351 e. The van der Waals surface area contributed by atoms with Gasteiger partial charge in [-0.15, -0.1) is 0 Å². The van der Waals surface area contributed by atoms with Gasteiger partial charge in [0.2, 0.25) is 5.95 Å². The predicted octanol–water partition coefficient (Wildman–Crippen LogP) is 3.91. The van der Waals surface area contributed by atoms with Crippen LogP contribution in [0.3, 0.4) is 0 Å². The molecule has 0 unspecified atom stereocenters. The van der Waals surface area contributed by atoms with Crippen LogP contribution >= 0.6 is 0 Å². The third-order valence-corrected chi connectivity index (χ3v) is 5.04. The summed E-state index contributed by atoms with van der Waals surface area (Å²) in [7, 11) is 0. The summed E-state index contributed by atoms with van der Waals surface area (Å²) in [4.78, 5) is 4.78. The Kier molecular flexibility index (Phi) is 4.40. The summed E-state index contributed by atoms with van der Waals surface area (Å²) in [6.07, 6.45) is 4.52. The van der Waals surface area contributed by atoms with Crippen LogP contribution in [0, 0.1) is 5.82 Å². The second-order valence-electron chi connectivity index (χ2n) is 6.84. The van der Waals surface area contributed by atoms with Crippen molar-refractivity contribution in [1.29, 1.82) is 0 Å². The Morgan fingerprint density at radius 3 is 2.64 bits per heavy atom. The predicted molar refractivity (Wildman–Crippen MR) is 99.1 cm³/mol. The monoisotopic (exact) mass is 338 g/mol. The molecule has 0 saturated heterocycles. The number of nitrogens with zero attached hydrogens (tertiary/aromatic N) is 2. The lowest BCUT2D eigenvalue weighted by Gasteiger charge is -2.29. The molecule has 25 heavy (non-hydrogen) atoms. The summed E-state index contributed by atoms with van der Waals surface area (Å²) in [6, 6.07) is 15.1. The van der Waals surface area contributed by atoms with Gasteiger partial charge in [0.25, 0.3) is 0 Å². The van der Waals surface area contributed by atoms with E-state index in [4.69, 9.17) is 10.7 Å². The Labute approximate surface area is 146 Å². The fourth-order valence-corrected chi connectivity index (χ4v) is 3.62. The molecular weight excluding hydrogens is 315 g/mol. The van der Waals surface area contributed by atoms with Gasteiger partial charge in [-0.1, -0.05) is 37.1 Å².